The summed E-state index contributed by atoms with van der Waals surface area (Å²) >= 11 is 0. The van der Waals surface area contributed by atoms with E-state index >= 15 is 0 Å². The van der Waals surface area contributed by atoms with E-state index in [0.29, 0.717) is 0 Å². The van der Waals surface area contributed by atoms with Crippen molar-refractivity contribution >= 4 is 21.5 Å². The maximum Gasteiger partial charge on any atom is 0.278 e. The maximum absolute atomic E-state index is 12.2. The second-order valence-electron chi connectivity index (χ2n) is 3.82. The number of hydrogen-bond acceptors (Lipinski definition) is 5. The van der Waals surface area contributed by atoms with Crippen LogP contribution in [0, 0.1) is 5.41 Å². The molecule has 0 bridgehead atoms. The molecule has 2 rings (SSSR count). The molecule has 0 aliphatic rings. The summed E-state index contributed by atoms with van der Waals surface area (Å²) in [7, 11) is -2.46. The van der Waals surface area contributed by atoms with Gasteiger partial charge in [0, 0.05) is 5.56 Å². The average Bonchev–Trinajstić information content (AvgIpc) is 2.93. The standard InChI is InChI=1S/C11H13N5O3S/c1-19-8-4-2-3-7(11(12)13)10(8)16-20(17,18)9-5-6-14-15-9/h2-6,16H,1H3,(H3,12,13)(H,14,15). The molecule has 0 fully saturated rings. The van der Waals surface area contributed by atoms with Gasteiger partial charge in [0.2, 0.25) is 0 Å². The molecule has 1 heterocycles. The largest absolute Gasteiger partial charge is 0.495 e. The van der Waals surface area contributed by atoms with Gasteiger partial charge in [-0.15, -0.1) is 0 Å². The third-order valence-corrected chi connectivity index (χ3v) is 3.82. The lowest BCUT2D eigenvalue weighted by Gasteiger charge is -2.14. The Morgan fingerprint density at radius 3 is 2.75 bits per heavy atom. The van der Waals surface area contributed by atoms with Crippen LogP contribution in [0.5, 0.6) is 5.75 Å². The number of anilines is 1. The van der Waals surface area contributed by atoms with Crippen LogP contribution in [0.4, 0.5) is 5.69 Å². The molecule has 0 amide bonds. The van der Waals surface area contributed by atoms with E-state index < -0.39 is 10.0 Å². The first kappa shape index (κ1) is 13.9. The molecule has 0 aliphatic heterocycles. The number of sulfonamides is 1. The van der Waals surface area contributed by atoms with E-state index in [0.717, 1.165) is 0 Å². The Morgan fingerprint density at radius 2 is 2.20 bits per heavy atom. The van der Waals surface area contributed by atoms with Crippen LogP contribution in [0.15, 0.2) is 35.5 Å². The highest BCUT2D eigenvalue weighted by atomic mass is 32.2. The van der Waals surface area contributed by atoms with E-state index in [9.17, 15) is 8.42 Å². The van der Waals surface area contributed by atoms with Crippen molar-refractivity contribution in [1.82, 2.24) is 10.2 Å². The van der Waals surface area contributed by atoms with Crippen molar-refractivity contribution in [1.29, 1.82) is 5.41 Å². The highest BCUT2D eigenvalue weighted by molar-refractivity contribution is 7.92. The zero-order valence-corrected chi connectivity index (χ0v) is 11.4. The Bertz CT molecular complexity index is 725. The van der Waals surface area contributed by atoms with Crippen LogP contribution in [0.1, 0.15) is 5.56 Å². The summed E-state index contributed by atoms with van der Waals surface area (Å²) in [5, 5.41) is 13.3. The second-order valence-corrected chi connectivity index (χ2v) is 5.47. The lowest BCUT2D eigenvalue weighted by Crippen LogP contribution is -2.19. The normalized spacial score (nSPS) is 11.1. The molecule has 0 saturated carbocycles. The van der Waals surface area contributed by atoms with Crippen LogP contribution in [0.3, 0.4) is 0 Å². The van der Waals surface area contributed by atoms with E-state index in [-0.39, 0.29) is 27.9 Å². The smallest absolute Gasteiger partial charge is 0.278 e. The van der Waals surface area contributed by atoms with Crippen LogP contribution in [-0.4, -0.2) is 31.6 Å². The van der Waals surface area contributed by atoms with E-state index in [1.54, 1.807) is 12.1 Å². The van der Waals surface area contributed by atoms with Gasteiger partial charge >= 0.3 is 0 Å². The van der Waals surface area contributed by atoms with Crippen molar-refractivity contribution in [2.45, 2.75) is 5.03 Å². The van der Waals surface area contributed by atoms with Gasteiger partial charge in [-0.05, 0) is 18.2 Å². The van der Waals surface area contributed by atoms with Crippen LogP contribution in [0.2, 0.25) is 0 Å². The van der Waals surface area contributed by atoms with Gasteiger partial charge in [-0.25, -0.2) is 0 Å². The third kappa shape index (κ3) is 2.57. The van der Waals surface area contributed by atoms with Gasteiger partial charge in [0.05, 0.1) is 13.3 Å². The number of nitrogens with one attached hydrogen (secondary N) is 3. The molecule has 2 aromatic rings. The fourth-order valence-electron chi connectivity index (χ4n) is 1.61. The molecule has 8 nitrogen and oxygen atoms in total. The molecular weight excluding hydrogens is 282 g/mol. The van der Waals surface area contributed by atoms with Crippen molar-refractivity contribution in [3.8, 4) is 5.75 Å². The number of nitrogens with two attached hydrogens (primary N) is 1. The first-order valence-corrected chi connectivity index (χ1v) is 6.97. The lowest BCUT2D eigenvalue weighted by molar-refractivity contribution is 0.417. The highest BCUT2D eigenvalue weighted by Gasteiger charge is 2.21. The molecule has 1 aromatic carbocycles. The first-order valence-electron chi connectivity index (χ1n) is 5.49. The fraction of sp³-hybridized carbons (Fsp3) is 0.0909. The third-order valence-electron chi connectivity index (χ3n) is 2.54. The minimum Gasteiger partial charge on any atom is -0.495 e. The van der Waals surface area contributed by atoms with Crippen molar-refractivity contribution in [2.75, 3.05) is 11.8 Å². The molecule has 106 valence electrons. The number of hydrogen-bond donors (Lipinski definition) is 4. The number of benzene rings is 1. The number of aromatic amines is 1. The zero-order valence-electron chi connectivity index (χ0n) is 10.5. The van der Waals surface area contributed by atoms with Crippen molar-refractivity contribution < 1.29 is 13.2 Å². The van der Waals surface area contributed by atoms with Crippen LogP contribution in [0.25, 0.3) is 0 Å². The summed E-state index contributed by atoms with van der Waals surface area (Å²) in [6.07, 6.45) is 1.32. The predicted molar refractivity (Wildman–Crippen MR) is 73.4 cm³/mol. The molecule has 5 N–H and O–H groups in total. The minimum absolute atomic E-state index is 0.0992. The van der Waals surface area contributed by atoms with E-state index in [1.807, 2.05) is 0 Å². The number of nitrogens with zero attached hydrogens (tertiary/aromatic N) is 1. The molecular formula is C11H13N5O3S. The lowest BCUT2D eigenvalue weighted by atomic mass is 10.1. The van der Waals surface area contributed by atoms with Gasteiger partial charge in [-0.3, -0.25) is 15.2 Å². The Labute approximate surface area is 115 Å². The van der Waals surface area contributed by atoms with Crippen LogP contribution < -0.4 is 15.2 Å². The molecule has 9 heteroatoms. The van der Waals surface area contributed by atoms with Gasteiger partial charge in [-0.1, -0.05) is 6.07 Å². The van der Waals surface area contributed by atoms with Crippen molar-refractivity contribution in [3.63, 3.8) is 0 Å². The van der Waals surface area contributed by atoms with Crippen molar-refractivity contribution in [3.05, 3.63) is 36.0 Å². The van der Waals surface area contributed by atoms with Gasteiger partial charge in [-0.2, -0.15) is 13.5 Å². The molecule has 0 atom stereocenters. The summed E-state index contributed by atoms with van der Waals surface area (Å²) in [5.41, 5.74) is 5.79. The average molecular weight is 295 g/mol. The van der Waals surface area contributed by atoms with Crippen molar-refractivity contribution in [2.24, 2.45) is 5.73 Å². The van der Waals surface area contributed by atoms with E-state index in [1.165, 1.54) is 25.4 Å². The summed E-state index contributed by atoms with van der Waals surface area (Å²) in [4.78, 5) is 0. The quantitative estimate of drug-likeness (QED) is 0.471. The minimum atomic E-state index is -3.86. The summed E-state index contributed by atoms with van der Waals surface area (Å²) in [5.74, 6) is -0.00741. The van der Waals surface area contributed by atoms with Crippen LogP contribution in [-0.2, 0) is 10.0 Å². The molecule has 0 spiro atoms. The summed E-state index contributed by atoms with van der Waals surface area (Å²) in [6.45, 7) is 0. The number of methoxy groups -OCH3 is 1. The Balaban J connectivity index is 2.51. The van der Waals surface area contributed by atoms with Gasteiger partial charge < -0.3 is 10.5 Å². The van der Waals surface area contributed by atoms with E-state index in [2.05, 4.69) is 14.9 Å². The summed E-state index contributed by atoms with van der Waals surface area (Å²) in [6, 6.07) is 6.02. The molecule has 0 unspecified atom stereocenters. The predicted octanol–water partition coefficient (Wildman–Crippen LogP) is 0.503. The monoisotopic (exact) mass is 295 g/mol. The first-order chi connectivity index (χ1) is 9.45. The number of nitrogen functional groups attached to an aromatic ring is 1. The SMILES string of the molecule is COc1cccc(C(=N)N)c1NS(=O)(=O)c1ccn[nH]1. The van der Waals surface area contributed by atoms with E-state index in [4.69, 9.17) is 15.9 Å². The molecule has 20 heavy (non-hydrogen) atoms. The zero-order chi connectivity index (χ0) is 14.8. The number of H-pyrrole nitrogens is 1. The number of amidine groups is 1. The topological polar surface area (TPSA) is 134 Å². The molecule has 0 saturated heterocycles. The number of aromatic nitrogens is 2. The maximum atomic E-state index is 12.2. The number of rotatable bonds is 5. The molecule has 0 aliphatic carbocycles. The summed E-state index contributed by atoms with van der Waals surface area (Å²) < 4.78 is 31.8. The molecule has 0 radical (unpaired) electrons. The second kappa shape index (κ2) is 5.21. The highest BCUT2D eigenvalue weighted by Crippen LogP contribution is 2.30. The Hall–Kier alpha value is -2.55. The Morgan fingerprint density at radius 1 is 1.45 bits per heavy atom. The van der Waals surface area contributed by atoms with Gasteiger partial charge in [0.25, 0.3) is 10.0 Å². The Kier molecular flexibility index (Phi) is 3.61. The number of ether oxygens (including phenoxy) is 1. The fourth-order valence-corrected chi connectivity index (χ4v) is 2.62. The van der Waals surface area contributed by atoms with Gasteiger partial charge in [0.1, 0.15) is 17.3 Å². The number of para-hydroxylation sites is 1. The van der Waals surface area contributed by atoms with Gasteiger partial charge in [0.15, 0.2) is 5.03 Å². The molecule has 1 aromatic heterocycles. The van der Waals surface area contributed by atoms with Crippen LogP contribution >= 0.6 is 0 Å².